The lowest BCUT2D eigenvalue weighted by Gasteiger charge is -2.23. The van der Waals surface area contributed by atoms with Gasteiger partial charge in [0, 0.05) is 41.7 Å². The van der Waals surface area contributed by atoms with E-state index in [1.807, 2.05) is 26.9 Å². The van der Waals surface area contributed by atoms with E-state index in [1.165, 1.54) is 6.07 Å². The summed E-state index contributed by atoms with van der Waals surface area (Å²) in [5.74, 6) is 0.758. The fraction of sp³-hybridized carbons (Fsp3) is 0.483. The number of pyridine rings is 2. The molecule has 1 unspecified atom stereocenters. The second-order valence-corrected chi connectivity index (χ2v) is 11.6. The zero-order valence-electron chi connectivity index (χ0n) is 22.7. The Balaban J connectivity index is 1.35. The van der Waals surface area contributed by atoms with Crippen molar-refractivity contribution >= 4 is 22.6 Å². The summed E-state index contributed by atoms with van der Waals surface area (Å²) in [7, 11) is 1.54. The predicted molar refractivity (Wildman–Crippen MR) is 145 cm³/mol. The Bertz CT molecular complexity index is 1690. The van der Waals surface area contributed by atoms with Crippen LogP contribution in [-0.2, 0) is 6.54 Å². The van der Waals surface area contributed by atoms with Crippen LogP contribution in [0.15, 0.2) is 30.3 Å². The standard InChI is InChI=1S/C29H31F3N6O3/c1-14-25(22-9-16-5-7-20(26(39)29(30,31)32)34-27(16)36(22)13-15-3-4-15)35-23-10-17(11-24(41-2)37(14)23)28(40)38-18-6-8-21(38)19(33)12-18/h5,7,9-11,15,18-19,21,26,39H,3-4,6,8,12-13,33H2,1-2H3/t18-,19+,21+,26?/m0/s1. The molecule has 6 heterocycles. The number of methoxy groups -OCH3 is 1. The van der Waals surface area contributed by atoms with Crippen molar-refractivity contribution in [3.63, 3.8) is 0 Å². The lowest BCUT2D eigenvalue weighted by Crippen LogP contribution is -2.40. The third-order valence-electron chi connectivity index (χ3n) is 8.93. The van der Waals surface area contributed by atoms with Crippen LogP contribution in [0.4, 0.5) is 13.2 Å². The molecule has 2 bridgehead atoms. The van der Waals surface area contributed by atoms with Crippen LogP contribution < -0.4 is 10.5 Å². The molecule has 2 saturated heterocycles. The number of aliphatic hydroxyl groups is 1. The number of hydrogen-bond acceptors (Lipinski definition) is 6. The van der Waals surface area contributed by atoms with Crippen molar-refractivity contribution in [2.45, 2.75) is 76.0 Å². The number of amides is 1. The smallest absolute Gasteiger partial charge is 0.420 e. The summed E-state index contributed by atoms with van der Waals surface area (Å²) in [5.41, 5.74) is 9.29. The van der Waals surface area contributed by atoms with Crippen LogP contribution >= 0.6 is 0 Å². The van der Waals surface area contributed by atoms with E-state index in [4.69, 9.17) is 15.5 Å². The lowest BCUT2D eigenvalue weighted by atomic mass is 9.97. The Morgan fingerprint density at radius 2 is 1.95 bits per heavy atom. The van der Waals surface area contributed by atoms with Gasteiger partial charge < -0.3 is 25.0 Å². The Morgan fingerprint density at radius 1 is 1.17 bits per heavy atom. The van der Waals surface area contributed by atoms with Crippen LogP contribution in [0.3, 0.4) is 0 Å². The molecule has 4 aromatic rings. The highest BCUT2D eigenvalue weighted by Crippen LogP contribution is 2.40. The zero-order valence-corrected chi connectivity index (χ0v) is 22.7. The molecule has 0 aromatic carbocycles. The van der Waals surface area contributed by atoms with Crippen molar-refractivity contribution in [2.24, 2.45) is 11.7 Å². The number of nitrogens with zero attached hydrogens (tertiary/aromatic N) is 5. The molecule has 0 radical (unpaired) electrons. The van der Waals surface area contributed by atoms with Crippen LogP contribution in [-0.4, -0.2) is 66.3 Å². The molecule has 3 aliphatic rings. The number of rotatable bonds is 6. The summed E-state index contributed by atoms with van der Waals surface area (Å²) in [6.45, 7) is 2.47. The minimum absolute atomic E-state index is 0.0108. The van der Waals surface area contributed by atoms with E-state index in [-0.39, 0.29) is 24.0 Å². The van der Waals surface area contributed by atoms with Gasteiger partial charge >= 0.3 is 6.18 Å². The molecule has 1 amide bonds. The van der Waals surface area contributed by atoms with Gasteiger partial charge in [-0.2, -0.15) is 13.2 Å². The van der Waals surface area contributed by atoms with Gasteiger partial charge in [0.25, 0.3) is 5.91 Å². The number of hydrogen-bond donors (Lipinski definition) is 2. The molecule has 7 rings (SSSR count). The first-order valence-electron chi connectivity index (χ1n) is 14.0. The van der Waals surface area contributed by atoms with Gasteiger partial charge in [0.1, 0.15) is 17.0 Å². The minimum atomic E-state index is -4.82. The average Bonchev–Trinajstić information content (AvgIpc) is 3.27. The molecule has 216 valence electrons. The SMILES string of the molecule is COc1cc(C(=O)N2[C@H]3CC[C@@H]2[C@H](N)C3)cc2nc(-c3cc4ccc(C(O)C(F)(F)F)nc4n3CC3CC3)c(C)n12. The normalized spacial score (nSPS) is 23.2. The van der Waals surface area contributed by atoms with E-state index in [9.17, 15) is 23.1 Å². The maximum Gasteiger partial charge on any atom is 0.420 e. The van der Waals surface area contributed by atoms with Crippen molar-refractivity contribution in [2.75, 3.05) is 7.11 Å². The molecule has 4 atom stereocenters. The van der Waals surface area contributed by atoms with Crippen molar-refractivity contribution in [3.05, 3.63) is 47.3 Å². The number of carbonyl (C=O) groups is 1. The average molecular weight is 569 g/mol. The van der Waals surface area contributed by atoms with Gasteiger partial charge in [-0.15, -0.1) is 0 Å². The van der Waals surface area contributed by atoms with E-state index in [2.05, 4.69) is 4.98 Å². The molecule has 0 spiro atoms. The first kappa shape index (κ1) is 26.3. The van der Waals surface area contributed by atoms with Crippen LogP contribution in [0, 0.1) is 12.8 Å². The molecule has 2 aliphatic heterocycles. The molecule has 4 aromatic heterocycles. The highest BCUT2D eigenvalue weighted by atomic mass is 19.4. The number of aryl methyl sites for hydroxylation is 1. The second-order valence-electron chi connectivity index (χ2n) is 11.6. The van der Waals surface area contributed by atoms with Crippen molar-refractivity contribution < 1.29 is 27.8 Å². The van der Waals surface area contributed by atoms with Crippen LogP contribution in [0.2, 0.25) is 0 Å². The number of nitrogens with two attached hydrogens (primary N) is 1. The van der Waals surface area contributed by atoms with Gasteiger partial charge in [-0.1, -0.05) is 0 Å². The lowest BCUT2D eigenvalue weighted by molar-refractivity contribution is -0.207. The van der Waals surface area contributed by atoms with Crippen molar-refractivity contribution in [1.82, 2.24) is 23.8 Å². The number of halogens is 3. The number of aromatic nitrogens is 4. The number of alkyl halides is 3. The van der Waals surface area contributed by atoms with E-state index in [1.54, 1.807) is 25.3 Å². The number of carbonyl (C=O) groups excluding carboxylic acids is 1. The van der Waals surface area contributed by atoms with Gasteiger partial charge in [0.05, 0.1) is 24.2 Å². The van der Waals surface area contributed by atoms with Gasteiger partial charge in [0.2, 0.25) is 0 Å². The molecule has 9 nitrogen and oxygen atoms in total. The Hall–Kier alpha value is -3.64. The molecule has 41 heavy (non-hydrogen) atoms. The summed E-state index contributed by atoms with van der Waals surface area (Å²) >= 11 is 0. The number of imidazole rings is 1. The maximum absolute atomic E-state index is 13.6. The Kier molecular flexibility index (Phi) is 5.88. The van der Waals surface area contributed by atoms with E-state index in [0.29, 0.717) is 52.0 Å². The van der Waals surface area contributed by atoms with Gasteiger partial charge in [-0.05, 0) is 69.2 Å². The fourth-order valence-corrected chi connectivity index (χ4v) is 6.70. The minimum Gasteiger partial charge on any atom is -0.482 e. The topological polar surface area (TPSA) is 111 Å². The van der Waals surface area contributed by atoms with Crippen LogP contribution in [0.1, 0.15) is 60.0 Å². The monoisotopic (exact) mass is 568 g/mol. The summed E-state index contributed by atoms with van der Waals surface area (Å²) in [6.07, 6.45) is -2.77. The van der Waals surface area contributed by atoms with Gasteiger partial charge in [-0.3, -0.25) is 9.20 Å². The molecule has 12 heteroatoms. The first-order valence-corrected chi connectivity index (χ1v) is 14.0. The molecule has 1 aliphatic carbocycles. The molecule has 3 fully saturated rings. The van der Waals surface area contributed by atoms with Crippen LogP contribution in [0.5, 0.6) is 5.88 Å². The third kappa shape index (κ3) is 4.18. The van der Waals surface area contributed by atoms with Crippen molar-refractivity contribution in [1.29, 1.82) is 0 Å². The molecular formula is C29H31F3N6O3. The van der Waals surface area contributed by atoms with Gasteiger partial charge in [-0.25, -0.2) is 9.97 Å². The molecule has 3 N–H and O–H groups in total. The zero-order chi connectivity index (χ0) is 28.8. The largest absolute Gasteiger partial charge is 0.482 e. The van der Waals surface area contributed by atoms with Gasteiger partial charge in [0.15, 0.2) is 12.0 Å². The number of fused-ring (bicyclic) bond motifs is 4. The number of aliphatic hydroxyl groups excluding tert-OH is 1. The van der Waals surface area contributed by atoms with Crippen molar-refractivity contribution in [3.8, 4) is 17.3 Å². The van der Waals surface area contributed by atoms with E-state index < -0.39 is 18.0 Å². The molecule has 1 saturated carbocycles. The Morgan fingerprint density at radius 3 is 2.59 bits per heavy atom. The maximum atomic E-state index is 13.6. The van der Waals surface area contributed by atoms with E-state index in [0.717, 1.165) is 37.8 Å². The summed E-state index contributed by atoms with van der Waals surface area (Å²) < 4.78 is 49.2. The first-order chi connectivity index (χ1) is 19.5. The fourth-order valence-electron chi connectivity index (χ4n) is 6.70. The highest BCUT2D eigenvalue weighted by Gasteiger charge is 2.47. The van der Waals surface area contributed by atoms with Crippen LogP contribution in [0.25, 0.3) is 28.1 Å². The van der Waals surface area contributed by atoms with E-state index >= 15 is 0 Å². The second kappa shape index (κ2) is 9.18. The highest BCUT2D eigenvalue weighted by molar-refractivity contribution is 5.96. The molecular weight excluding hydrogens is 537 g/mol. The quantitative estimate of drug-likeness (QED) is 0.357. The Labute approximate surface area is 233 Å². The summed E-state index contributed by atoms with van der Waals surface area (Å²) in [6, 6.07) is 8.29. The predicted octanol–water partition coefficient (Wildman–Crippen LogP) is 4.38. The summed E-state index contributed by atoms with van der Waals surface area (Å²) in [5, 5.41) is 10.5. The number of ether oxygens (including phenoxy) is 1. The third-order valence-corrected chi connectivity index (χ3v) is 8.93. The summed E-state index contributed by atoms with van der Waals surface area (Å²) in [4.78, 5) is 24.8.